The van der Waals surface area contributed by atoms with Gasteiger partial charge in [0.2, 0.25) is 0 Å². The van der Waals surface area contributed by atoms with E-state index in [-0.39, 0.29) is 5.56 Å². The molecule has 5 nitrogen and oxygen atoms in total. The van der Waals surface area contributed by atoms with Crippen LogP contribution in [0.5, 0.6) is 0 Å². The van der Waals surface area contributed by atoms with Crippen LogP contribution < -0.4 is 5.56 Å². The van der Waals surface area contributed by atoms with Gasteiger partial charge in [-0.25, -0.2) is 4.68 Å². The molecule has 2 fully saturated rings. The fourth-order valence-corrected chi connectivity index (χ4v) is 4.82. The highest BCUT2D eigenvalue weighted by molar-refractivity contribution is 7.98. The van der Waals surface area contributed by atoms with Gasteiger partial charge in [-0.3, -0.25) is 4.79 Å². The third-order valence-corrected chi connectivity index (χ3v) is 6.23. The van der Waals surface area contributed by atoms with Crippen LogP contribution >= 0.6 is 11.8 Å². The molecule has 0 unspecified atom stereocenters. The Labute approximate surface area is 141 Å². The molecule has 23 heavy (non-hydrogen) atoms. The maximum Gasteiger partial charge on any atom is 0.267 e. The largest absolute Gasteiger partial charge is 0.381 e. The van der Waals surface area contributed by atoms with Crippen molar-refractivity contribution < 1.29 is 4.74 Å². The molecular formula is C17H25N3O2S. The maximum atomic E-state index is 12.2. The molecule has 0 spiro atoms. The third kappa shape index (κ3) is 3.64. The summed E-state index contributed by atoms with van der Waals surface area (Å²) in [6.45, 7) is 6.05. The lowest BCUT2D eigenvalue weighted by Crippen LogP contribution is -2.51. The lowest BCUT2D eigenvalue weighted by atomic mass is 9.94. The average molecular weight is 335 g/mol. The molecule has 0 N–H and O–H groups in total. The molecule has 0 saturated carbocycles. The number of hydrogen-bond acceptors (Lipinski definition) is 5. The molecule has 1 aromatic heterocycles. The smallest absolute Gasteiger partial charge is 0.267 e. The van der Waals surface area contributed by atoms with E-state index in [0.29, 0.717) is 5.92 Å². The van der Waals surface area contributed by atoms with Gasteiger partial charge >= 0.3 is 0 Å². The zero-order valence-corrected chi connectivity index (χ0v) is 14.4. The first-order valence-electron chi connectivity index (χ1n) is 8.75. The Kier molecular flexibility index (Phi) is 4.73. The molecule has 0 bridgehead atoms. The van der Waals surface area contributed by atoms with Crippen molar-refractivity contribution >= 4 is 11.8 Å². The summed E-state index contributed by atoms with van der Waals surface area (Å²) in [5.41, 5.74) is 2.37. The summed E-state index contributed by atoms with van der Waals surface area (Å²) in [6, 6.07) is 1.81. The number of nitrogens with zero attached hydrogens (tertiary/aromatic N) is 3. The summed E-state index contributed by atoms with van der Waals surface area (Å²) in [5, 5.41) is 4.63. The van der Waals surface area contributed by atoms with E-state index in [9.17, 15) is 4.79 Å². The standard InChI is InChI=1S/C17H25N3O2S/c21-17-7-15-12-23-6-3-16(15)18-20(17)11-14-9-19(10-14)8-13-1-4-22-5-2-13/h7,13-14H,1-6,8-12H2. The highest BCUT2D eigenvalue weighted by atomic mass is 32.2. The Hall–Kier alpha value is -0.850. The minimum absolute atomic E-state index is 0.0779. The molecule has 0 amide bonds. The first-order chi connectivity index (χ1) is 11.3. The number of aryl methyl sites for hydroxylation is 1. The molecule has 0 atom stereocenters. The normalized spacial score (nSPS) is 23.5. The third-order valence-electron chi connectivity index (χ3n) is 5.23. The molecule has 4 rings (SSSR count). The van der Waals surface area contributed by atoms with Gasteiger partial charge < -0.3 is 9.64 Å². The van der Waals surface area contributed by atoms with Crippen molar-refractivity contribution in [1.82, 2.24) is 14.7 Å². The van der Waals surface area contributed by atoms with Crippen molar-refractivity contribution in [3.8, 4) is 0 Å². The van der Waals surface area contributed by atoms with Gasteiger partial charge in [0.1, 0.15) is 0 Å². The molecule has 1 aromatic rings. The molecule has 0 aromatic carbocycles. The summed E-state index contributed by atoms with van der Waals surface area (Å²) in [6.07, 6.45) is 3.40. The summed E-state index contributed by atoms with van der Waals surface area (Å²) in [4.78, 5) is 14.8. The molecule has 3 aliphatic rings. The van der Waals surface area contributed by atoms with Crippen LogP contribution in [0.15, 0.2) is 10.9 Å². The van der Waals surface area contributed by atoms with Crippen molar-refractivity contribution in [2.24, 2.45) is 11.8 Å². The fraction of sp³-hybridized carbons (Fsp3) is 0.765. The number of thioether (sulfide) groups is 1. The van der Waals surface area contributed by atoms with Crippen LogP contribution in [0.25, 0.3) is 0 Å². The monoisotopic (exact) mass is 335 g/mol. The Morgan fingerprint density at radius 2 is 2.04 bits per heavy atom. The highest BCUT2D eigenvalue weighted by Gasteiger charge is 2.30. The molecular weight excluding hydrogens is 310 g/mol. The molecule has 2 saturated heterocycles. The van der Waals surface area contributed by atoms with E-state index in [4.69, 9.17) is 4.74 Å². The van der Waals surface area contributed by atoms with E-state index in [1.807, 2.05) is 17.8 Å². The Balaban J connectivity index is 1.31. The Morgan fingerprint density at radius 3 is 2.87 bits per heavy atom. The SMILES string of the molecule is O=c1cc2c(nn1CC1CN(CC3CCOCC3)C1)CCSC2. The minimum Gasteiger partial charge on any atom is -0.381 e. The topological polar surface area (TPSA) is 47.4 Å². The number of fused-ring (bicyclic) bond motifs is 1. The second kappa shape index (κ2) is 6.95. The van der Waals surface area contributed by atoms with Crippen molar-refractivity contribution in [1.29, 1.82) is 0 Å². The second-order valence-corrected chi connectivity index (χ2v) is 8.18. The quantitative estimate of drug-likeness (QED) is 0.832. The second-order valence-electron chi connectivity index (χ2n) is 7.08. The number of rotatable bonds is 4. The number of hydrogen-bond donors (Lipinski definition) is 0. The zero-order valence-electron chi connectivity index (χ0n) is 13.6. The lowest BCUT2D eigenvalue weighted by molar-refractivity contribution is 0.0204. The van der Waals surface area contributed by atoms with E-state index >= 15 is 0 Å². The number of ether oxygens (including phenoxy) is 1. The van der Waals surface area contributed by atoms with E-state index in [1.54, 1.807) is 4.68 Å². The van der Waals surface area contributed by atoms with Crippen molar-refractivity contribution in [2.75, 3.05) is 38.6 Å². The van der Waals surface area contributed by atoms with Gasteiger partial charge in [-0.15, -0.1) is 0 Å². The van der Waals surface area contributed by atoms with Crippen LogP contribution in [0.4, 0.5) is 0 Å². The van der Waals surface area contributed by atoms with Gasteiger partial charge in [0.15, 0.2) is 0 Å². The van der Waals surface area contributed by atoms with E-state index in [1.165, 1.54) is 19.4 Å². The van der Waals surface area contributed by atoms with Gasteiger partial charge in [0.25, 0.3) is 5.56 Å². The van der Waals surface area contributed by atoms with Crippen molar-refractivity contribution in [2.45, 2.75) is 31.6 Å². The number of likely N-dealkylation sites (tertiary alicyclic amines) is 1. The fourth-order valence-electron chi connectivity index (χ4n) is 3.86. The van der Waals surface area contributed by atoms with Crippen LogP contribution in [0.2, 0.25) is 0 Å². The van der Waals surface area contributed by atoms with E-state index < -0.39 is 0 Å². The van der Waals surface area contributed by atoms with Gasteiger partial charge in [-0.05, 0) is 30.1 Å². The predicted octanol–water partition coefficient (Wildman–Crippen LogP) is 1.39. The van der Waals surface area contributed by atoms with Crippen LogP contribution in [-0.4, -0.2) is 53.3 Å². The van der Waals surface area contributed by atoms with E-state index in [0.717, 1.165) is 67.9 Å². The van der Waals surface area contributed by atoms with Crippen LogP contribution in [0.3, 0.4) is 0 Å². The molecule has 4 heterocycles. The predicted molar refractivity (Wildman–Crippen MR) is 91.8 cm³/mol. The summed E-state index contributed by atoms with van der Waals surface area (Å²) < 4.78 is 7.14. The summed E-state index contributed by atoms with van der Waals surface area (Å²) >= 11 is 1.89. The van der Waals surface area contributed by atoms with Crippen LogP contribution in [0, 0.1) is 11.8 Å². The minimum atomic E-state index is 0.0779. The van der Waals surface area contributed by atoms with Gasteiger partial charge in [-0.2, -0.15) is 16.9 Å². The van der Waals surface area contributed by atoms with Gasteiger partial charge in [-0.1, -0.05) is 0 Å². The average Bonchev–Trinajstić information content (AvgIpc) is 2.54. The molecule has 3 aliphatic heterocycles. The van der Waals surface area contributed by atoms with Crippen molar-refractivity contribution in [3.63, 3.8) is 0 Å². The zero-order chi connectivity index (χ0) is 15.6. The first kappa shape index (κ1) is 15.7. The first-order valence-corrected chi connectivity index (χ1v) is 9.91. The molecule has 0 radical (unpaired) electrons. The van der Waals surface area contributed by atoms with Crippen LogP contribution in [-0.2, 0) is 23.5 Å². The lowest BCUT2D eigenvalue weighted by Gasteiger charge is -2.41. The van der Waals surface area contributed by atoms with Gasteiger partial charge in [0.05, 0.1) is 12.2 Å². The highest BCUT2D eigenvalue weighted by Crippen LogP contribution is 2.24. The Morgan fingerprint density at radius 1 is 1.22 bits per heavy atom. The summed E-state index contributed by atoms with van der Waals surface area (Å²) in [7, 11) is 0. The summed E-state index contributed by atoms with van der Waals surface area (Å²) in [5.74, 6) is 3.45. The van der Waals surface area contributed by atoms with E-state index in [2.05, 4.69) is 10.00 Å². The Bertz CT molecular complexity index is 606. The van der Waals surface area contributed by atoms with Gasteiger partial charge in [0, 0.05) is 57.0 Å². The molecule has 0 aliphatic carbocycles. The number of aromatic nitrogens is 2. The molecule has 6 heteroatoms. The van der Waals surface area contributed by atoms with Crippen LogP contribution in [0.1, 0.15) is 24.1 Å². The maximum absolute atomic E-state index is 12.2. The van der Waals surface area contributed by atoms with Crippen molar-refractivity contribution in [3.05, 3.63) is 27.7 Å². The molecule has 126 valence electrons.